The van der Waals surface area contributed by atoms with E-state index in [1.54, 1.807) is 13.8 Å². The molecule has 30 heavy (non-hydrogen) atoms. The molecule has 10 heteroatoms. The molecule has 0 aromatic heterocycles. The minimum atomic E-state index is -4.07. The van der Waals surface area contributed by atoms with Gasteiger partial charge < -0.3 is 18.9 Å². The van der Waals surface area contributed by atoms with Crippen LogP contribution in [0.1, 0.15) is 34.6 Å². The summed E-state index contributed by atoms with van der Waals surface area (Å²) in [5.41, 5.74) is -0.0373. The maximum absolute atomic E-state index is 12.9. The maximum Gasteiger partial charge on any atom is 0.337 e. The van der Waals surface area contributed by atoms with Gasteiger partial charge >= 0.3 is 11.9 Å². The van der Waals surface area contributed by atoms with Gasteiger partial charge in [0.15, 0.2) is 11.5 Å². The lowest BCUT2D eigenvalue weighted by Crippen LogP contribution is -2.15. The third-order valence-corrected chi connectivity index (χ3v) is 5.23. The van der Waals surface area contributed by atoms with Crippen LogP contribution >= 0.6 is 0 Å². The highest BCUT2D eigenvalue weighted by Crippen LogP contribution is 2.31. The van der Waals surface area contributed by atoms with Crippen molar-refractivity contribution >= 4 is 27.6 Å². The zero-order valence-electron chi connectivity index (χ0n) is 17.1. The molecular weight excluding hydrogens is 414 g/mol. The van der Waals surface area contributed by atoms with Crippen LogP contribution < -0.4 is 14.2 Å². The van der Waals surface area contributed by atoms with E-state index in [1.807, 2.05) is 0 Å². The van der Waals surface area contributed by atoms with Crippen LogP contribution in [0.5, 0.6) is 11.5 Å². The molecule has 0 saturated heterocycles. The van der Waals surface area contributed by atoms with Crippen molar-refractivity contribution < 1.29 is 37.0 Å². The Morgan fingerprint density at radius 3 is 1.87 bits per heavy atom. The number of methoxy groups -OCH3 is 2. The van der Waals surface area contributed by atoms with Gasteiger partial charge in [0.05, 0.1) is 49.1 Å². The number of carbonyl (C=O) groups is 2. The van der Waals surface area contributed by atoms with Crippen molar-refractivity contribution in [3.05, 3.63) is 47.5 Å². The van der Waals surface area contributed by atoms with E-state index in [2.05, 4.69) is 14.2 Å². The Labute approximate surface area is 174 Å². The summed E-state index contributed by atoms with van der Waals surface area (Å²) in [7, 11) is -1.73. The molecule has 0 fully saturated rings. The third-order valence-electron chi connectivity index (χ3n) is 3.85. The van der Waals surface area contributed by atoms with Gasteiger partial charge in [0.2, 0.25) is 0 Å². The molecule has 0 bridgehead atoms. The van der Waals surface area contributed by atoms with Crippen LogP contribution in [0.3, 0.4) is 0 Å². The monoisotopic (exact) mass is 437 g/mol. The second kappa shape index (κ2) is 9.97. The molecule has 0 saturated carbocycles. The SMILES string of the molecule is CCOc1ccc(S(=O)(=O)Nc2cc(C(=O)OC)cc(C(=O)OC)c2)cc1OCC. The molecule has 0 spiro atoms. The predicted molar refractivity (Wildman–Crippen MR) is 109 cm³/mol. The molecule has 2 rings (SSSR count). The summed E-state index contributed by atoms with van der Waals surface area (Å²) in [5.74, 6) is -0.776. The van der Waals surface area contributed by atoms with E-state index in [-0.39, 0.29) is 27.5 Å². The molecule has 0 atom stereocenters. The number of anilines is 1. The van der Waals surface area contributed by atoms with Gasteiger partial charge in [0.1, 0.15) is 0 Å². The number of benzene rings is 2. The summed E-state index contributed by atoms with van der Waals surface area (Å²) >= 11 is 0. The minimum Gasteiger partial charge on any atom is -0.490 e. The van der Waals surface area contributed by atoms with E-state index in [1.165, 1.54) is 50.6 Å². The van der Waals surface area contributed by atoms with Crippen molar-refractivity contribution in [3.63, 3.8) is 0 Å². The van der Waals surface area contributed by atoms with Crippen LogP contribution in [0.15, 0.2) is 41.3 Å². The van der Waals surface area contributed by atoms with Crippen molar-refractivity contribution in [2.75, 3.05) is 32.2 Å². The lowest BCUT2D eigenvalue weighted by molar-refractivity contribution is 0.0599. The first kappa shape index (κ1) is 23.0. The van der Waals surface area contributed by atoms with E-state index in [0.29, 0.717) is 19.0 Å². The highest BCUT2D eigenvalue weighted by Gasteiger charge is 2.20. The van der Waals surface area contributed by atoms with E-state index in [9.17, 15) is 18.0 Å². The van der Waals surface area contributed by atoms with Gasteiger partial charge in [-0.25, -0.2) is 18.0 Å². The molecule has 0 heterocycles. The van der Waals surface area contributed by atoms with Gasteiger partial charge in [-0.1, -0.05) is 0 Å². The zero-order chi connectivity index (χ0) is 22.3. The maximum atomic E-state index is 12.9. The van der Waals surface area contributed by atoms with E-state index >= 15 is 0 Å². The number of nitrogens with one attached hydrogen (secondary N) is 1. The lowest BCUT2D eigenvalue weighted by Gasteiger charge is -2.14. The van der Waals surface area contributed by atoms with Gasteiger partial charge in [-0.2, -0.15) is 0 Å². The zero-order valence-corrected chi connectivity index (χ0v) is 17.9. The molecule has 0 aliphatic rings. The molecular formula is C20H23NO8S. The van der Waals surface area contributed by atoms with E-state index < -0.39 is 22.0 Å². The molecule has 0 aliphatic heterocycles. The molecule has 9 nitrogen and oxygen atoms in total. The quantitative estimate of drug-likeness (QED) is 0.595. The smallest absolute Gasteiger partial charge is 0.337 e. The summed E-state index contributed by atoms with van der Waals surface area (Å²) in [6.45, 7) is 4.28. The van der Waals surface area contributed by atoms with Gasteiger partial charge in [0, 0.05) is 6.07 Å². The van der Waals surface area contributed by atoms with Crippen LogP contribution in [0.25, 0.3) is 0 Å². The topological polar surface area (TPSA) is 117 Å². The summed E-state index contributed by atoms with van der Waals surface area (Å²) in [6.07, 6.45) is 0. The molecule has 2 aromatic rings. The first-order valence-electron chi connectivity index (χ1n) is 8.99. The van der Waals surface area contributed by atoms with Crippen molar-refractivity contribution in [1.29, 1.82) is 0 Å². The molecule has 2 aromatic carbocycles. The third kappa shape index (κ3) is 5.41. The number of hydrogen-bond acceptors (Lipinski definition) is 8. The molecule has 162 valence electrons. The molecule has 0 unspecified atom stereocenters. The Morgan fingerprint density at radius 1 is 0.833 bits per heavy atom. The average Bonchev–Trinajstić information content (AvgIpc) is 2.73. The second-order valence-electron chi connectivity index (χ2n) is 5.86. The predicted octanol–water partition coefficient (Wildman–Crippen LogP) is 2.86. The molecule has 0 aliphatic carbocycles. The largest absolute Gasteiger partial charge is 0.490 e. The van der Waals surface area contributed by atoms with E-state index in [4.69, 9.17) is 9.47 Å². The van der Waals surface area contributed by atoms with Crippen LogP contribution in [-0.4, -0.2) is 47.8 Å². The minimum absolute atomic E-state index is 0.00913. The number of ether oxygens (including phenoxy) is 4. The Morgan fingerprint density at radius 2 is 1.37 bits per heavy atom. The van der Waals surface area contributed by atoms with Gasteiger partial charge in [-0.3, -0.25) is 4.72 Å². The number of rotatable bonds is 9. The lowest BCUT2D eigenvalue weighted by atomic mass is 10.1. The number of esters is 2. The van der Waals surface area contributed by atoms with Gasteiger partial charge in [-0.15, -0.1) is 0 Å². The highest BCUT2D eigenvalue weighted by atomic mass is 32.2. The summed E-state index contributed by atoms with van der Waals surface area (Å²) < 4.78 is 48.3. The van der Waals surface area contributed by atoms with Crippen molar-refractivity contribution in [2.45, 2.75) is 18.7 Å². The fourth-order valence-electron chi connectivity index (χ4n) is 2.57. The van der Waals surface area contributed by atoms with E-state index in [0.717, 1.165) is 0 Å². The van der Waals surface area contributed by atoms with Crippen molar-refractivity contribution in [2.24, 2.45) is 0 Å². The van der Waals surface area contributed by atoms with Crippen LogP contribution in [-0.2, 0) is 19.5 Å². The average molecular weight is 437 g/mol. The Hall–Kier alpha value is -3.27. The molecule has 0 radical (unpaired) electrons. The normalized spacial score (nSPS) is 10.8. The number of carbonyl (C=O) groups excluding carboxylic acids is 2. The highest BCUT2D eigenvalue weighted by molar-refractivity contribution is 7.92. The molecule has 0 amide bonds. The fraction of sp³-hybridized carbons (Fsp3) is 0.300. The van der Waals surface area contributed by atoms with Crippen molar-refractivity contribution in [1.82, 2.24) is 0 Å². The van der Waals surface area contributed by atoms with Gasteiger partial charge in [0.25, 0.3) is 10.0 Å². The molecule has 1 N–H and O–H groups in total. The summed E-state index contributed by atoms with van der Waals surface area (Å²) in [6, 6.07) is 7.96. The summed E-state index contributed by atoms with van der Waals surface area (Å²) in [4.78, 5) is 23.7. The number of hydrogen-bond donors (Lipinski definition) is 1. The standard InChI is InChI=1S/C20H23NO8S/c1-5-28-17-8-7-16(12-18(17)29-6-2)30(24,25)21-15-10-13(19(22)26-3)9-14(11-15)20(23)27-4/h7-12,21H,5-6H2,1-4H3. The van der Waals surface area contributed by atoms with Crippen LogP contribution in [0.2, 0.25) is 0 Å². The van der Waals surface area contributed by atoms with Crippen LogP contribution in [0, 0.1) is 0 Å². The fourth-order valence-corrected chi connectivity index (χ4v) is 3.63. The summed E-state index contributed by atoms with van der Waals surface area (Å²) in [5, 5.41) is 0. The Bertz CT molecular complexity index is 999. The Kier molecular flexibility index (Phi) is 7.65. The first-order chi connectivity index (χ1) is 14.2. The van der Waals surface area contributed by atoms with Crippen LogP contribution in [0.4, 0.5) is 5.69 Å². The number of sulfonamides is 1. The first-order valence-corrected chi connectivity index (χ1v) is 10.5. The van der Waals surface area contributed by atoms with Gasteiger partial charge in [-0.05, 0) is 44.2 Å². The van der Waals surface area contributed by atoms with Crippen molar-refractivity contribution in [3.8, 4) is 11.5 Å². The Balaban J connectivity index is 2.46. The second-order valence-corrected chi connectivity index (χ2v) is 7.54.